The molecule has 0 aromatic heterocycles. The number of nitrogens with zero attached hydrogens (tertiary/aromatic N) is 1. The topological polar surface area (TPSA) is 29.5 Å². The monoisotopic (exact) mass is 357 g/mol. The summed E-state index contributed by atoms with van der Waals surface area (Å²) in [5, 5.41) is 0. The molecule has 1 heterocycles. The fourth-order valence-corrected chi connectivity index (χ4v) is 3.86. The number of amides is 1. The normalized spacial score (nSPS) is 13.2. The zero-order valence-corrected chi connectivity index (χ0v) is 15.7. The van der Waals surface area contributed by atoms with Crippen LogP contribution in [0.4, 0.5) is 5.69 Å². The summed E-state index contributed by atoms with van der Waals surface area (Å²) in [4.78, 5) is 14.3. The minimum Gasteiger partial charge on any atom is -0.496 e. The highest BCUT2D eigenvalue weighted by molar-refractivity contribution is 5.92. The first-order valence-corrected chi connectivity index (χ1v) is 9.28. The number of carbonyl (C=O) groups is 1. The number of hydrogen-bond acceptors (Lipinski definition) is 2. The Morgan fingerprint density at radius 3 is 2.44 bits per heavy atom. The molecule has 0 N–H and O–H groups in total. The van der Waals surface area contributed by atoms with Crippen molar-refractivity contribution in [2.45, 2.75) is 26.3 Å². The fourth-order valence-electron chi connectivity index (χ4n) is 3.86. The zero-order valence-electron chi connectivity index (χ0n) is 15.7. The summed E-state index contributed by atoms with van der Waals surface area (Å²) in [5.41, 5.74) is 6.94. The molecule has 136 valence electrons. The van der Waals surface area contributed by atoms with Crippen LogP contribution >= 0.6 is 0 Å². The molecule has 3 aromatic rings. The maximum absolute atomic E-state index is 12.4. The largest absolute Gasteiger partial charge is 0.496 e. The molecule has 0 spiro atoms. The molecule has 27 heavy (non-hydrogen) atoms. The molecule has 1 amide bonds. The first kappa shape index (κ1) is 17.3. The van der Waals surface area contributed by atoms with Crippen LogP contribution < -0.4 is 9.64 Å². The Morgan fingerprint density at radius 1 is 0.889 bits per heavy atom. The molecule has 0 saturated heterocycles. The maximum atomic E-state index is 12.4. The molecule has 0 fully saturated rings. The molecule has 1 aliphatic rings. The molecule has 0 aliphatic carbocycles. The highest BCUT2D eigenvalue weighted by Gasteiger charge is 2.20. The SMILES string of the molecule is COc1ccccc1-c1ccc2c(c1)CN(C(C)=O)c1ccccc1CC2. The Hall–Kier alpha value is -3.07. The van der Waals surface area contributed by atoms with E-state index in [0.29, 0.717) is 6.54 Å². The van der Waals surface area contributed by atoms with Crippen molar-refractivity contribution < 1.29 is 9.53 Å². The maximum Gasteiger partial charge on any atom is 0.224 e. The molecule has 1 aliphatic heterocycles. The van der Waals surface area contributed by atoms with Crippen molar-refractivity contribution in [2.75, 3.05) is 12.0 Å². The number of ether oxygens (including phenoxy) is 1. The quantitative estimate of drug-likeness (QED) is 0.645. The summed E-state index contributed by atoms with van der Waals surface area (Å²) in [5.74, 6) is 0.926. The first-order valence-electron chi connectivity index (χ1n) is 9.28. The predicted octanol–water partition coefficient (Wildman–Crippen LogP) is 5.01. The Bertz CT molecular complexity index is 993. The third kappa shape index (κ3) is 3.33. The smallest absolute Gasteiger partial charge is 0.224 e. The van der Waals surface area contributed by atoms with Crippen LogP contribution in [0.1, 0.15) is 23.6 Å². The van der Waals surface area contributed by atoms with E-state index in [9.17, 15) is 4.79 Å². The van der Waals surface area contributed by atoms with Crippen LogP contribution in [0, 0.1) is 0 Å². The highest BCUT2D eigenvalue weighted by atomic mass is 16.5. The number of rotatable bonds is 2. The van der Waals surface area contributed by atoms with E-state index in [1.54, 1.807) is 14.0 Å². The average molecular weight is 357 g/mol. The van der Waals surface area contributed by atoms with Crippen LogP contribution in [0.2, 0.25) is 0 Å². The number of aryl methyl sites for hydroxylation is 2. The summed E-state index contributed by atoms with van der Waals surface area (Å²) >= 11 is 0. The second-order valence-electron chi connectivity index (χ2n) is 6.92. The number of benzene rings is 3. The second-order valence-corrected chi connectivity index (χ2v) is 6.92. The lowest BCUT2D eigenvalue weighted by Crippen LogP contribution is -2.30. The van der Waals surface area contributed by atoms with E-state index in [0.717, 1.165) is 35.4 Å². The van der Waals surface area contributed by atoms with Crippen molar-refractivity contribution in [3.63, 3.8) is 0 Å². The number of para-hydroxylation sites is 2. The van der Waals surface area contributed by atoms with Gasteiger partial charge in [0.25, 0.3) is 0 Å². The third-order valence-electron chi connectivity index (χ3n) is 5.28. The number of hydrogen-bond donors (Lipinski definition) is 0. The standard InChI is InChI=1S/C24H23NO2/c1-17(26)25-16-21-15-20(22-8-4-6-10-24(22)27-2)14-12-18(21)11-13-19-7-3-5-9-23(19)25/h3-10,12,14-15H,11,13,16H2,1-2H3. The number of anilines is 1. The molecule has 4 rings (SSSR count). The minimum absolute atomic E-state index is 0.0676. The van der Waals surface area contributed by atoms with Gasteiger partial charge in [0.15, 0.2) is 0 Å². The summed E-state index contributed by atoms with van der Waals surface area (Å²) in [7, 11) is 1.70. The van der Waals surface area contributed by atoms with Crippen molar-refractivity contribution in [3.05, 3.63) is 83.4 Å². The van der Waals surface area contributed by atoms with Gasteiger partial charge < -0.3 is 9.64 Å². The molecule has 0 unspecified atom stereocenters. The van der Waals surface area contributed by atoms with Crippen LogP contribution in [0.15, 0.2) is 66.7 Å². The van der Waals surface area contributed by atoms with Crippen LogP contribution in [0.5, 0.6) is 5.75 Å². The second kappa shape index (κ2) is 7.28. The lowest BCUT2D eigenvalue weighted by Gasteiger charge is -2.28. The lowest BCUT2D eigenvalue weighted by atomic mass is 9.92. The van der Waals surface area contributed by atoms with Gasteiger partial charge in [-0.3, -0.25) is 4.79 Å². The molecule has 3 nitrogen and oxygen atoms in total. The average Bonchev–Trinajstić information content (AvgIpc) is 2.69. The molecule has 3 aromatic carbocycles. The van der Waals surface area contributed by atoms with Gasteiger partial charge in [0.1, 0.15) is 5.75 Å². The zero-order chi connectivity index (χ0) is 18.8. The first-order chi connectivity index (χ1) is 13.2. The van der Waals surface area contributed by atoms with Gasteiger partial charge in [-0.25, -0.2) is 0 Å². The molecule has 0 radical (unpaired) electrons. The van der Waals surface area contributed by atoms with Crippen LogP contribution in [-0.4, -0.2) is 13.0 Å². The van der Waals surface area contributed by atoms with Gasteiger partial charge >= 0.3 is 0 Å². The van der Waals surface area contributed by atoms with Crippen molar-refractivity contribution in [1.82, 2.24) is 0 Å². The highest BCUT2D eigenvalue weighted by Crippen LogP contribution is 2.34. The van der Waals surface area contributed by atoms with Crippen LogP contribution in [0.3, 0.4) is 0 Å². The molecule has 3 heteroatoms. The van der Waals surface area contributed by atoms with Gasteiger partial charge in [-0.15, -0.1) is 0 Å². The van der Waals surface area contributed by atoms with Gasteiger partial charge in [0.05, 0.1) is 13.7 Å². The van der Waals surface area contributed by atoms with Crippen LogP contribution in [0.25, 0.3) is 11.1 Å². The Labute approximate surface area is 160 Å². The third-order valence-corrected chi connectivity index (χ3v) is 5.28. The van der Waals surface area contributed by atoms with E-state index in [-0.39, 0.29) is 5.91 Å². The van der Waals surface area contributed by atoms with E-state index >= 15 is 0 Å². The molecule has 0 saturated carbocycles. The Morgan fingerprint density at radius 2 is 1.63 bits per heavy atom. The van der Waals surface area contributed by atoms with E-state index in [4.69, 9.17) is 4.74 Å². The molecular weight excluding hydrogens is 334 g/mol. The van der Waals surface area contributed by atoms with Gasteiger partial charge in [-0.05, 0) is 53.3 Å². The number of methoxy groups -OCH3 is 1. The van der Waals surface area contributed by atoms with Crippen molar-refractivity contribution >= 4 is 11.6 Å². The van der Waals surface area contributed by atoms with Gasteiger partial charge in [-0.2, -0.15) is 0 Å². The van der Waals surface area contributed by atoms with Gasteiger partial charge in [0.2, 0.25) is 5.91 Å². The van der Waals surface area contributed by atoms with Crippen molar-refractivity contribution in [3.8, 4) is 16.9 Å². The van der Waals surface area contributed by atoms with Crippen molar-refractivity contribution in [1.29, 1.82) is 0 Å². The van der Waals surface area contributed by atoms with Gasteiger partial charge in [-0.1, -0.05) is 48.5 Å². The van der Waals surface area contributed by atoms with E-state index in [2.05, 4.69) is 30.3 Å². The fraction of sp³-hybridized carbons (Fsp3) is 0.208. The Kier molecular flexibility index (Phi) is 4.68. The van der Waals surface area contributed by atoms with E-state index < -0.39 is 0 Å². The van der Waals surface area contributed by atoms with Crippen molar-refractivity contribution in [2.24, 2.45) is 0 Å². The Balaban J connectivity index is 1.79. The number of fused-ring (bicyclic) bond motifs is 2. The lowest BCUT2D eigenvalue weighted by molar-refractivity contribution is -0.116. The predicted molar refractivity (Wildman–Crippen MR) is 109 cm³/mol. The van der Waals surface area contributed by atoms with Gasteiger partial charge in [0, 0.05) is 18.2 Å². The van der Waals surface area contributed by atoms with Crippen LogP contribution in [-0.2, 0) is 24.2 Å². The minimum atomic E-state index is 0.0676. The molecular formula is C24H23NO2. The summed E-state index contributed by atoms with van der Waals surface area (Å²) in [6.45, 7) is 2.23. The summed E-state index contributed by atoms with van der Waals surface area (Å²) < 4.78 is 5.53. The summed E-state index contributed by atoms with van der Waals surface area (Å²) in [6, 6.07) is 22.8. The van der Waals surface area contributed by atoms with E-state index in [1.165, 1.54) is 16.7 Å². The number of carbonyl (C=O) groups excluding carboxylic acids is 1. The summed E-state index contributed by atoms with van der Waals surface area (Å²) in [6.07, 6.45) is 1.91. The molecule has 0 bridgehead atoms. The van der Waals surface area contributed by atoms with E-state index in [1.807, 2.05) is 41.3 Å². The molecule has 0 atom stereocenters.